The highest BCUT2D eigenvalue weighted by Gasteiger charge is 2.22. The number of nitro benzene ring substituents is 1. The molecule has 0 saturated heterocycles. The smallest absolute Gasteiger partial charge is 0.269 e. The van der Waals surface area contributed by atoms with Crippen LogP contribution in [0.4, 0.5) is 10.8 Å². The number of anilines is 1. The summed E-state index contributed by atoms with van der Waals surface area (Å²) in [7, 11) is -3.94. The Balaban J connectivity index is 1.42. The number of nitro groups is 1. The Morgan fingerprint density at radius 3 is 2.38 bits per heavy atom. The average Bonchev–Trinajstić information content (AvgIpc) is 3.33. The topological polar surface area (TPSA) is 128 Å². The molecule has 4 rings (SSSR count). The molecule has 0 bridgehead atoms. The summed E-state index contributed by atoms with van der Waals surface area (Å²) in [5, 5.41) is 13.4. The zero-order valence-corrected chi connectivity index (χ0v) is 19.1. The number of hydrogen-bond acceptors (Lipinski definition) is 8. The number of ether oxygens (including phenoxy) is 1. The molecule has 0 saturated carbocycles. The van der Waals surface area contributed by atoms with E-state index in [1.165, 1.54) is 0 Å². The number of amides is 1. The Bertz CT molecular complexity index is 1440. The maximum absolute atomic E-state index is 12.8. The van der Waals surface area contributed by atoms with Gasteiger partial charge in [0.15, 0.2) is 11.7 Å². The third kappa shape index (κ3) is 5.11. The quantitative estimate of drug-likeness (QED) is 0.280. The maximum Gasteiger partial charge on any atom is 0.269 e. The van der Waals surface area contributed by atoms with Crippen molar-refractivity contribution in [2.75, 3.05) is 11.9 Å². The van der Waals surface area contributed by atoms with Crippen molar-refractivity contribution in [2.24, 2.45) is 0 Å². The molecule has 1 aromatic heterocycles. The summed E-state index contributed by atoms with van der Waals surface area (Å²) in [5.41, 5.74) is 1.56. The number of benzene rings is 3. The van der Waals surface area contributed by atoms with E-state index < -0.39 is 20.7 Å². The minimum atomic E-state index is -3.94. The first-order valence-corrected chi connectivity index (χ1v) is 12.2. The van der Waals surface area contributed by atoms with E-state index >= 15 is 0 Å². The van der Waals surface area contributed by atoms with Gasteiger partial charge in [0.2, 0.25) is 9.84 Å². The lowest BCUT2D eigenvalue weighted by Gasteiger charge is -2.11. The molecule has 1 heterocycles. The molecule has 0 fully saturated rings. The Labute approximate surface area is 198 Å². The first kappa shape index (κ1) is 23.1. The second kappa shape index (κ2) is 9.81. The van der Waals surface area contributed by atoms with E-state index in [0.717, 1.165) is 52.9 Å². The molecule has 0 radical (unpaired) electrons. The summed E-state index contributed by atoms with van der Waals surface area (Å²) < 4.78 is 31.1. The molecule has 0 aliphatic heterocycles. The number of para-hydroxylation sites is 1. The molecule has 1 N–H and O–H groups in total. The van der Waals surface area contributed by atoms with Crippen LogP contribution in [0.5, 0.6) is 5.75 Å². The summed E-state index contributed by atoms with van der Waals surface area (Å²) in [5.74, 6) is 0.0286. The number of rotatable bonds is 8. The Morgan fingerprint density at radius 2 is 1.68 bits per heavy atom. The summed E-state index contributed by atoms with van der Waals surface area (Å²) in [4.78, 5) is 26.4. The van der Waals surface area contributed by atoms with E-state index in [1.807, 2.05) is 42.5 Å². The Morgan fingerprint density at radius 1 is 1.00 bits per heavy atom. The number of non-ortho nitro benzene ring substituents is 1. The van der Waals surface area contributed by atoms with Crippen molar-refractivity contribution in [2.45, 2.75) is 9.10 Å². The molecule has 3 aromatic carbocycles. The van der Waals surface area contributed by atoms with Crippen molar-refractivity contribution in [3.05, 3.63) is 95.2 Å². The second-order valence-electron chi connectivity index (χ2n) is 6.94. The van der Waals surface area contributed by atoms with Gasteiger partial charge in [-0.1, -0.05) is 59.9 Å². The van der Waals surface area contributed by atoms with Gasteiger partial charge in [0.05, 0.1) is 16.0 Å². The number of nitrogens with zero attached hydrogens (tertiary/aromatic N) is 2. The largest absolute Gasteiger partial charge is 0.483 e. The van der Waals surface area contributed by atoms with Crippen molar-refractivity contribution < 1.29 is 22.9 Å². The van der Waals surface area contributed by atoms with Gasteiger partial charge < -0.3 is 4.74 Å². The summed E-state index contributed by atoms with van der Waals surface area (Å²) in [6, 6.07) is 21.4. The summed E-state index contributed by atoms with van der Waals surface area (Å²) >= 11 is 0.775. The molecule has 0 spiro atoms. The standard InChI is InChI=1S/C23H17N3O6S2/c27-21(15-32-20-9-5-4-8-19(20)16-6-2-1-3-7-16)25-23-24-14-22(33-23)34(30,31)18-12-10-17(11-13-18)26(28)29/h1-14H,15H2,(H,24,25,27). The minimum absolute atomic E-state index is 0.0884. The van der Waals surface area contributed by atoms with E-state index in [2.05, 4.69) is 10.3 Å². The monoisotopic (exact) mass is 495 g/mol. The molecule has 0 aliphatic rings. The number of nitrogens with one attached hydrogen (secondary N) is 1. The maximum atomic E-state index is 12.8. The molecule has 9 nitrogen and oxygen atoms in total. The van der Waals surface area contributed by atoms with E-state index in [9.17, 15) is 23.3 Å². The molecule has 34 heavy (non-hydrogen) atoms. The molecule has 4 aromatic rings. The zero-order chi connectivity index (χ0) is 24.1. The van der Waals surface area contributed by atoms with Crippen molar-refractivity contribution in [1.29, 1.82) is 0 Å². The number of aromatic nitrogens is 1. The zero-order valence-electron chi connectivity index (χ0n) is 17.5. The third-order valence-electron chi connectivity index (χ3n) is 4.68. The second-order valence-corrected chi connectivity index (χ2v) is 10.1. The molecule has 0 unspecified atom stereocenters. The van der Waals surface area contributed by atoms with Gasteiger partial charge >= 0.3 is 0 Å². The molecule has 1 amide bonds. The number of sulfone groups is 1. The van der Waals surface area contributed by atoms with Gasteiger partial charge in [0.25, 0.3) is 11.6 Å². The van der Waals surface area contributed by atoms with Gasteiger partial charge in [-0.05, 0) is 23.8 Å². The van der Waals surface area contributed by atoms with Crippen LogP contribution in [0.3, 0.4) is 0 Å². The van der Waals surface area contributed by atoms with Crippen LogP contribution < -0.4 is 10.1 Å². The SMILES string of the molecule is O=C(COc1ccccc1-c1ccccc1)Nc1ncc(S(=O)(=O)c2ccc([N+](=O)[O-])cc2)s1. The van der Waals surface area contributed by atoms with Crippen LogP contribution in [0.25, 0.3) is 11.1 Å². The lowest BCUT2D eigenvalue weighted by molar-refractivity contribution is -0.384. The van der Waals surface area contributed by atoms with E-state index in [1.54, 1.807) is 12.1 Å². The fourth-order valence-electron chi connectivity index (χ4n) is 3.05. The minimum Gasteiger partial charge on any atom is -0.483 e. The highest BCUT2D eigenvalue weighted by molar-refractivity contribution is 7.93. The van der Waals surface area contributed by atoms with Crippen LogP contribution >= 0.6 is 11.3 Å². The van der Waals surface area contributed by atoms with Gasteiger partial charge in [-0.3, -0.25) is 20.2 Å². The van der Waals surface area contributed by atoms with Crippen molar-refractivity contribution >= 4 is 37.9 Å². The fraction of sp³-hybridized carbons (Fsp3) is 0.0435. The van der Waals surface area contributed by atoms with Crippen molar-refractivity contribution in [3.8, 4) is 16.9 Å². The van der Waals surface area contributed by atoms with Crippen LogP contribution in [0, 0.1) is 10.1 Å². The molecule has 172 valence electrons. The lowest BCUT2D eigenvalue weighted by Crippen LogP contribution is -2.20. The summed E-state index contributed by atoms with van der Waals surface area (Å²) in [6.45, 7) is -0.298. The van der Waals surface area contributed by atoms with Gasteiger partial charge in [0, 0.05) is 17.7 Å². The number of thiazole rings is 1. The highest BCUT2D eigenvalue weighted by atomic mass is 32.2. The molecule has 0 aliphatic carbocycles. The predicted octanol–water partition coefficient (Wildman–Crippen LogP) is 4.57. The first-order chi connectivity index (χ1) is 16.3. The molecule has 0 atom stereocenters. The van der Waals surface area contributed by atoms with Crippen LogP contribution in [0.2, 0.25) is 0 Å². The van der Waals surface area contributed by atoms with Crippen molar-refractivity contribution in [3.63, 3.8) is 0 Å². The van der Waals surface area contributed by atoms with Gasteiger partial charge in [-0.25, -0.2) is 13.4 Å². The van der Waals surface area contributed by atoms with Crippen LogP contribution in [-0.4, -0.2) is 30.8 Å². The van der Waals surface area contributed by atoms with E-state index in [-0.39, 0.29) is 26.5 Å². The number of hydrogen-bond donors (Lipinski definition) is 1. The van der Waals surface area contributed by atoms with Gasteiger partial charge in [-0.2, -0.15) is 0 Å². The lowest BCUT2D eigenvalue weighted by atomic mass is 10.1. The number of carbonyl (C=O) groups excluding carboxylic acids is 1. The third-order valence-corrected chi connectivity index (χ3v) is 7.83. The molecular weight excluding hydrogens is 478 g/mol. The highest BCUT2D eigenvalue weighted by Crippen LogP contribution is 2.31. The Kier molecular flexibility index (Phi) is 6.66. The van der Waals surface area contributed by atoms with E-state index in [0.29, 0.717) is 5.75 Å². The fourth-order valence-corrected chi connectivity index (χ4v) is 5.50. The van der Waals surface area contributed by atoms with E-state index in [4.69, 9.17) is 4.74 Å². The van der Waals surface area contributed by atoms with Crippen LogP contribution in [0.15, 0.2) is 94.2 Å². The predicted molar refractivity (Wildman–Crippen MR) is 127 cm³/mol. The first-order valence-electron chi connectivity index (χ1n) is 9.87. The van der Waals surface area contributed by atoms with Crippen LogP contribution in [-0.2, 0) is 14.6 Å². The molecule has 11 heteroatoms. The van der Waals surface area contributed by atoms with Gasteiger partial charge in [0.1, 0.15) is 9.96 Å². The van der Waals surface area contributed by atoms with Gasteiger partial charge in [-0.15, -0.1) is 0 Å². The van der Waals surface area contributed by atoms with Crippen LogP contribution in [0.1, 0.15) is 0 Å². The van der Waals surface area contributed by atoms with Crippen molar-refractivity contribution in [1.82, 2.24) is 4.98 Å². The Hall–Kier alpha value is -4.09. The average molecular weight is 496 g/mol. The normalized spacial score (nSPS) is 11.1. The summed E-state index contributed by atoms with van der Waals surface area (Å²) in [6.07, 6.45) is 1.13. The molecular formula is C23H17N3O6S2. The number of carbonyl (C=O) groups is 1.